The molecular weight excluding hydrogens is 329 g/mol. The zero-order chi connectivity index (χ0) is 18.2. The van der Waals surface area contributed by atoms with Gasteiger partial charge in [-0.1, -0.05) is 30.3 Å². The van der Waals surface area contributed by atoms with E-state index in [9.17, 15) is 13.2 Å². The third-order valence-electron chi connectivity index (χ3n) is 3.50. The fraction of sp³-hybridized carbons (Fsp3) is 0.211. The first-order valence-corrected chi connectivity index (χ1v) is 7.70. The van der Waals surface area contributed by atoms with Gasteiger partial charge in [0.15, 0.2) is 0 Å². The van der Waals surface area contributed by atoms with Gasteiger partial charge in [-0.15, -0.1) is 0 Å². The van der Waals surface area contributed by atoms with E-state index < -0.39 is 24.0 Å². The van der Waals surface area contributed by atoms with Crippen molar-refractivity contribution in [3.8, 4) is 0 Å². The average molecular weight is 348 g/mol. The van der Waals surface area contributed by atoms with E-state index in [1.165, 1.54) is 24.4 Å². The molecule has 132 valence electrons. The normalized spacial score (nSPS) is 13.6. The third kappa shape index (κ3) is 5.76. The van der Waals surface area contributed by atoms with Crippen LogP contribution in [0.2, 0.25) is 0 Å². The van der Waals surface area contributed by atoms with Crippen molar-refractivity contribution in [1.29, 1.82) is 0 Å². The van der Waals surface area contributed by atoms with E-state index in [2.05, 4.69) is 4.99 Å². The summed E-state index contributed by atoms with van der Waals surface area (Å²) >= 11 is 0. The fourth-order valence-corrected chi connectivity index (χ4v) is 2.13. The van der Waals surface area contributed by atoms with Crippen LogP contribution in [-0.2, 0) is 11.3 Å². The molecule has 0 saturated carbocycles. The van der Waals surface area contributed by atoms with Gasteiger partial charge in [0.05, 0.1) is 24.1 Å². The number of hydrogen-bond donors (Lipinski definition) is 1. The van der Waals surface area contributed by atoms with Crippen molar-refractivity contribution in [1.82, 2.24) is 0 Å². The summed E-state index contributed by atoms with van der Waals surface area (Å²) in [6, 6.07) is 13.6. The second kappa shape index (κ2) is 9.03. The van der Waals surface area contributed by atoms with Gasteiger partial charge in [-0.2, -0.15) is 0 Å². The lowest BCUT2D eigenvalue weighted by Crippen LogP contribution is -2.07. The van der Waals surface area contributed by atoms with Crippen LogP contribution in [0.4, 0.5) is 18.9 Å². The summed E-state index contributed by atoms with van der Waals surface area (Å²) in [7, 11) is 0. The molecule has 0 fully saturated rings. The molecule has 0 heterocycles. The summed E-state index contributed by atoms with van der Waals surface area (Å²) in [6.45, 7) is 2.14. The van der Waals surface area contributed by atoms with Crippen LogP contribution in [0.1, 0.15) is 24.2 Å². The molecule has 0 spiro atoms. The minimum absolute atomic E-state index is 0.361. The van der Waals surface area contributed by atoms with Crippen LogP contribution in [-0.4, -0.2) is 12.6 Å². The highest BCUT2D eigenvalue weighted by Gasteiger charge is 2.12. The molecule has 3 nitrogen and oxygen atoms in total. The van der Waals surface area contributed by atoms with Gasteiger partial charge in [-0.05, 0) is 36.8 Å². The number of alkyl halides is 2. The molecule has 0 bridgehead atoms. The highest BCUT2D eigenvalue weighted by Crippen LogP contribution is 2.29. The Hall–Kier alpha value is -2.60. The highest BCUT2D eigenvalue weighted by molar-refractivity contribution is 5.76. The summed E-state index contributed by atoms with van der Waals surface area (Å²) in [4.78, 5) is 4.08. The van der Waals surface area contributed by atoms with Crippen molar-refractivity contribution in [3.05, 3.63) is 77.2 Å². The third-order valence-corrected chi connectivity index (χ3v) is 3.50. The van der Waals surface area contributed by atoms with Crippen LogP contribution in [0, 0.1) is 5.82 Å². The molecule has 2 aromatic carbocycles. The Morgan fingerprint density at radius 1 is 1.20 bits per heavy atom. The van der Waals surface area contributed by atoms with E-state index in [4.69, 9.17) is 10.5 Å². The minimum Gasteiger partial charge on any atom is -0.397 e. The van der Waals surface area contributed by atoms with E-state index in [0.29, 0.717) is 17.9 Å². The summed E-state index contributed by atoms with van der Waals surface area (Å²) in [6.07, 6.45) is -0.984. The number of benzene rings is 2. The largest absolute Gasteiger partial charge is 0.397 e. The second-order valence-corrected chi connectivity index (χ2v) is 5.39. The molecule has 2 rings (SSSR count). The van der Waals surface area contributed by atoms with Crippen molar-refractivity contribution in [2.24, 2.45) is 10.7 Å². The maximum Gasteiger partial charge on any atom is 0.277 e. The van der Waals surface area contributed by atoms with Gasteiger partial charge in [0, 0.05) is 11.8 Å². The van der Waals surface area contributed by atoms with Crippen LogP contribution in [0.5, 0.6) is 0 Å². The Morgan fingerprint density at radius 2 is 1.92 bits per heavy atom. The summed E-state index contributed by atoms with van der Waals surface area (Å²) in [5.74, 6) is -0.424. The Balaban J connectivity index is 2.14. The zero-order valence-corrected chi connectivity index (χ0v) is 13.7. The van der Waals surface area contributed by atoms with Gasteiger partial charge in [0.25, 0.3) is 6.43 Å². The van der Waals surface area contributed by atoms with E-state index in [1.54, 1.807) is 6.92 Å². The van der Waals surface area contributed by atoms with Gasteiger partial charge in [0.2, 0.25) is 0 Å². The van der Waals surface area contributed by atoms with Gasteiger partial charge < -0.3 is 10.5 Å². The maximum absolute atomic E-state index is 13.6. The van der Waals surface area contributed by atoms with Crippen LogP contribution in [0.25, 0.3) is 0 Å². The lowest BCUT2D eigenvalue weighted by molar-refractivity contribution is 0.0527. The molecule has 0 aliphatic carbocycles. The summed E-state index contributed by atoms with van der Waals surface area (Å²) in [5.41, 5.74) is 6.51. The number of allylic oxidation sites excluding steroid dienone is 2. The Labute approximate surface area is 144 Å². The number of rotatable bonds is 7. The number of nitrogens with two attached hydrogens (primary N) is 1. The first kappa shape index (κ1) is 18.7. The molecule has 0 unspecified atom stereocenters. The molecule has 0 aliphatic rings. The highest BCUT2D eigenvalue weighted by atomic mass is 19.3. The van der Waals surface area contributed by atoms with E-state index in [0.717, 1.165) is 11.6 Å². The number of nitrogens with zero attached hydrogens (tertiary/aromatic N) is 1. The smallest absolute Gasteiger partial charge is 0.277 e. The number of halogens is 3. The quantitative estimate of drug-likeness (QED) is 0.723. The van der Waals surface area contributed by atoms with Crippen molar-refractivity contribution < 1.29 is 17.9 Å². The van der Waals surface area contributed by atoms with Gasteiger partial charge in [-0.3, -0.25) is 4.99 Å². The molecule has 2 N–H and O–H groups in total. The monoisotopic (exact) mass is 348 g/mol. The summed E-state index contributed by atoms with van der Waals surface area (Å²) < 4.78 is 44.1. The summed E-state index contributed by atoms with van der Waals surface area (Å²) in [5, 5.41) is 0. The molecule has 0 aromatic heterocycles. The van der Waals surface area contributed by atoms with Crippen molar-refractivity contribution in [2.75, 3.05) is 0 Å². The Kier molecular flexibility index (Phi) is 6.77. The van der Waals surface area contributed by atoms with Crippen molar-refractivity contribution in [2.45, 2.75) is 26.1 Å². The first-order valence-electron chi connectivity index (χ1n) is 7.70. The SMILES string of the molecule is C[C@@H](OCc1ccccc1)c1cc(F)ccc1N=CC=C(N)C(F)F. The second-order valence-electron chi connectivity index (χ2n) is 5.39. The van der Waals surface area contributed by atoms with Crippen LogP contribution < -0.4 is 5.73 Å². The van der Waals surface area contributed by atoms with Gasteiger partial charge >= 0.3 is 0 Å². The minimum atomic E-state index is -2.74. The molecule has 1 atom stereocenters. The molecule has 6 heteroatoms. The maximum atomic E-state index is 13.6. The van der Waals surface area contributed by atoms with E-state index in [-0.39, 0.29) is 0 Å². The fourth-order valence-electron chi connectivity index (χ4n) is 2.13. The van der Waals surface area contributed by atoms with Gasteiger partial charge in [-0.25, -0.2) is 13.2 Å². The molecule has 0 radical (unpaired) electrons. The number of aliphatic imine (C=N–C) groups is 1. The van der Waals surface area contributed by atoms with Crippen molar-refractivity contribution >= 4 is 11.9 Å². The Morgan fingerprint density at radius 3 is 2.60 bits per heavy atom. The number of hydrogen-bond acceptors (Lipinski definition) is 3. The Bertz CT molecular complexity index is 746. The van der Waals surface area contributed by atoms with Gasteiger partial charge in [0.1, 0.15) is 5.82 Å². The topological polar surface area (TPSA) is 47.6 Å². The lowest BCUT2D eigenvalue weighted by Gasteiger charge is -2.16. The average Bonchev–Trinajstić information content (AvgIpc) is 2.61. The molecule has 0 aliphatic heterocycles. The molecular formula is C19H19F3N2O. The van der Waals surface area contributed by atoms with Crippen LogP contribution >= 0.6 is 0 Å². The standard InChI is InChI=1S/C19H19F3N2O/c1-13(25-12-14-5-3-2-4-6-14)16-11-15(20)7-8-18(16)24-10-9-17(23)19(21)22/h2-11,13,19H,12,23H2,1H3/t13-/m1/s1. The molecule has 25 heavy (non-hydrogen) atoms. The van der Waals surface area contributed by atoms with E-state index in [1.807, 2.05) is 30.3 Å². The van der Waals surface area contributed by atoms with Crippen LogP contribution in [0.15, 0.2) is 65.3 Å². The lowest BCUT2D eigenvalue weighted by atomic mass is 10.1. The van der Waals surface area contributed by atoms with Crippen LogP contribution in [0.3, 0.4) is 0 Å². The first-order chi connectivity index (χ1) is 12.0. The predicted molar refractivity (Wildman–Crippen MR) is 92.5 cm³/mol. The number of ether oxygens (including phenoxy) is 1. The molecule has 0 amide bonds. The molecule has 2 aromatic rings. The van der Waals surface area contributed by atoms with Crippen molar-refractivity contribution in [3.63, 3.8) is 0 Å². The predicted octanol–water partition coefficient (Wildman–Crippen LogP) is 4.91. The zero-order valence-electron chi connectivity index (χ0n) is 13.7. The van der Waals surface area contributed by atoms with E-state index >= 15 is 0 Å². The molecule has 0 saturated heterocycles.